The number of ether oxygens (including phenoxy) is 1. The molecule has 1 saturated heterocycles. The molecule has 3 rings (SSSR count). The molecule has 2 aromatic rings. The first-order valence-electron chi connectivity index (χ1n) is 8.84. The second-order valence-electron chi connectivity index (χ2n) is 6.63. The van der Waals surface area contributed by atoms with Crippen molar-refractivity contribution in [3.05, 3.63) is 65.2 Å². The first-order valence-corrected chi connectivity index (χ1v) is 8.84. The fraction of sp³-hybridized carbons (Fsp3) is 0.286. The molecule has 3 amide bonds. The molecule has 0 saturated carbocycles. The highest BCUT2D eigenvalue weighted by molar-refractivity contribution is 6.07. The van der Waals surface area contributed by atoms with E-state index in [4.69, 9.17) is 10.00 Å². The number of nitrogens with one attached hydrogen (secondary N) is 1. The maximum absolute atomic E-state index is 13.0. The van der Waals surface area contributed by atoms with Crippen LogP contribution in [0.3, 0.4) is 0 Å². The van der Waals surface area contributed by atoms with Crippen molar-refractivity contribution < 1.29 is 14.3 Å². The zero-order valence-corrected chi connectivity index (χ0v) is 15.4. The number of rotatable bonds is 6. The second-order valence-corrected chi connectivity index (χ2v) is 6.63. The van der Waals surface area contributed by atoms with Crippen molar-refractivity contribution in [2.75, 3.05) is 6.61 Å². The number of carbonyl (C=O) groups is 2. The lowest BCUT2D eigenvalue weighted by atomic mass is 9.91. The normalized spacial score (nSPS) is 18.9. The van der Waals surface area contributed by atoms with Gasteiger partial charge in [-0.1, -0.05) is 31.2 Å². The number of nitrogens with zero attached hydrogens (tertiary/aromatic N) is 2. The summed E-state index contributed by atoms with van der Waals surface area (Å²) in [7, 11) is 0. The molecule has 1 aliphatic heterocycles. The average molecular weight is 363 g/mol. The van der Waals surface area contributed by atoms with Gasteiger partial charge in [-0.15, -0.1) is 0 Å². The number of amides is 3. The number of hydrogen-bond donors (Lipinski definition) is 1. The lowest BCUT2D eigenvalue weighted by Gasteiger charge is -2.22. The molecule has 1 heterocycles. The Labute approximate surface area is 158 Å². The van der Waals surface area contributed by atoms with E-state index in [0.717, 1.165) is 17.7 Å². The van der Waals surface area contributed by atoms with Crippen LogP contribution >= 0.6 is 0 Å². The zero-order valence-electron chi connectivity index (χ0n) is 15.4. The number of imide groups is 1. The van der Waals surface area contributed by atoms with Crippen LogP contribution in [0.1, 0.15) is 37.0 Å². The number of hydrogen-bond acceptors (Lipinski definition) is 4. The largest absolute Gasteiger partial charge is 0.494 e. The topological polar surface area (TPSA) is 82.4 Å². The fourth-order valence-electron chi connectivity index (χ4n) is 3.01. The molecule has 0 aromatic heterocycles. The molecule has 0 radical (unpaired) electrons. The van der Waals surface area contributed by atoms with Crippen LogP contribution < -0.4 is 10.1 Å². The maximum Gasteiger partial charge on any atom is 0.325 e. The molecule has 1 atom stereocenters. The summed E-state index contributed by atoms with van der Waals surface area (Å²) in [6.45, 7) is 4.55. The molecule has 138 valence electrons. The van der Waals surface area contributed by atoms with Gasteiger partial charge in [0.15, 0.2) is 0 Å². The van der Waals surface area contributed by atoms with Gasteiger partial charge in [-0.05, 0) is 48.7 Å². The Hall–Kier alpha value is -3.33. The Morgan fingerprint density at radius 1 is 1.11 bits per heavy atom. The Balaban J connectivity index is 1.76. The summed E-state index contributed by atoms with van der Waals surface area (Å²) in [5.74, 6) is 0.448. The van der Waals surface area contributed by atoms with Crippen LogP contribution in [0, 0.1) is 11.3 Å². The first-order chi connectivity index (χ1) is 13.0. The molecule has 1 fully saturated rings. The minimum atomic E-state index is -1.14. The van der Waals surface area contributed by atoms with Crippen LogP contribution in [0.4, 0.5) is 4.79 Å². The molecule has 1 aliphatic rings. The summed E-state index contributed by atoms with van der Waals surface area (Å²) in [6, 6.07) is 15.6. The van der Waals surface area contributed by atoms with Gasteiger partial charge in [-0.2, -0.15) is 5.26 Å². The van der Waals surface area contributed by atoms with E-state index in [-0.39, 0.29) is 12.5 Å². The third-order valence-electron chi connectivity index (χ3n) is 4.60. The zero-order chi connectivity index (χ0) is 19.4. The van der Waals surface area contributed by atoms with Crippen LogP contribution in [0.15, 0.2) is 48.5 Å². The highest BCUT2D eigenvalue weighted by Gasteiger charge is 2.48. The van der Waals surface area contributed by atoms with Gasteiger partial charge in [-0.25, -0.2) is 4.79 Å². The van der Waals surface area contributed by atoms with Crippen LogP contribution in [0.5, 0.6) is 5.75 Å². The summed E-state index contributed by atoms with van der Waals surface area (Å²) in [6.07, 6.45) is 0.929. The van der Waals surface area contributed by atoms with Gasteiger partial charge >= 0.3 is 6.03 Å². The van der Waals surface area contributed by atoms with Gasteiger partial charge in [0, 0.05) is 0 Å². The molecular weight excluding hydrogens is 342 g/mol. The van der Waals surface area contributed by atoms with E-state index in [9.17, 15) is 9.59 Å². The second kappa shape index (κ2) is 7.50. The number of benzene rings is 2. The molecule has 0 aliphatic carbocycles. The molecular formula is C21H21N3O3. The molecule has 0 bridgehead atoms. The predicted molar refractivity (Wildman–Crippen MR) is 99.8 cm³/mol. The van der Waals surface area contributed by atoms with Crippen molar-refractivity contribution in [2.24, 2.45) is 0 Å². The van der Waals surface area contributed by atoms with E-state index < -0.39 is 11.6 Å². The van der Waals surface area contributed by atoms with Crippen molar-refractivity contribution in [2.45, 2.75) is 32.4 Å². The van der Waals surface area contributed by atoms with E-state index in [1.54, 1.807) is 31.2 Å². The molecule has 0 unspecified atom stereocenters. The average Bonchev–Trinajstić information content (AvgIpc) is 2.91. The van der Waals surface area contributed by atoms with Crippen molar-refractivity contribution in [3.8, 4) is 11.8 Å². The van der Waals surface area contributed by atoms with Gasteiger partial charge < -0.3 is 10.1 Å². The van der Waals surface area contributed by atoms with E-state index >= 15 is 0 Å². The summed E-state index contributed by atoms with van der Waals surface area (Å²) in [5.41, 5.74) is 0.841. The summed E-state index contributed by atoms with van der Waals surface area (Å²) in [4.78, 5) is 26.6. The smallest absolute Gasteiger partial charge is 0.325 e. The highest BCUT2D eigenvalue weighted by atomic mass is 16.5. The van der Waals surface area contributed by atoms with Gasteiger partial charge in [0.05, 0.1) is 24.8 Å². The molecule has 6 heteroatoms. The Kier molecular flexibility index (Phi) is 5.13. The monoisotopic (exact) mass is 363 g/mol. The summed E-state index contributed by atoms with van der Waals surface area (Å²) >= 11 is 0. The minimum Gasteiger partial charge on any atom is -0.494 e. The van der Waals surface area contributed by atoms with E-state index in [1.807, 2.05) is 37.3 Å². The van der Waals surface area contributed by atoms with Crippen molar-refractivity contribution >= 4 is 11.9 Å². The van der Waals surface area contributed by atoms with Crippen LogP contribution in [0.25, 0.3) is 0 Å². The number of urea groups is 1. The molecule has 0 spiro atoms. The van der Waals surface area contributed by atoms with E-state index in [0.29, 0.717) is 17.7 Å². The number of nitriles is 1. The van der Waals surface area contributed by atoms with Crippen molar-refractivity contribution in [1.82, 2.24) is 10.2 Å². The third kappa shape index (κ3) is 3.63. The van der Waals surface area contributed by atoms with Gasteiger partial charge in [0.25, 0.3) is 5.91 Å². The SMILES string of the molecule is CCCOc1ccc(CN2C(=O)N[C@](C)(c3ccc(C#N)cc3)C2=O)cc1. The molecule has 2 aromatic carbocycles. The van der Waals surface area contributed by atoms with E-state index in [2.05, 4.69) is 5.32 Å². The van der Waals surface area contributed by atoms with Crippen LogP contribution in [-0.4, -0.2) is 23.4 Å². The Morgan fingerprint density at radius 3 is 2.37 bits per heavy atom. The lowest BCUT2D eigenvalue weighted by Crippen LogP contribution is -2.40. The van der Waals surface area contributed by atoms with Gasteiger partial charge in [0.2, 0.25) is 0 Å². The minimum absolute atomic E-state index is 0.185. The quantitative estimate of drug-likeness (QED) is 0.798. The number of carbonyl (C=O) groups excluding carboxylic acids is 2. The van der Waals surface area contributed by atoms with Gasteiger partial charge in [-0.3, -0.25) is 9.69 Å². The predicted octanol–water partition coefficient (Wildman–Crippen LogP) is 3.31. The van der Waals surface area contributed by atoms with Crippen molar-refractivity contribution in [3.63, 3.8) is 0 Å². The van der Waals surface area contributed by atoms with E-state index in [1.165, 1.54) is 4.90 Å². The van der Waals surface area contributed by atoms with Crippen LogP contribution in [0.2, 0.25) is 0 Å². The van der Waals surface area contributed by atoms with Crippen molar-refractivity contribution in [1.29, 1.82) is 5.26 Å². The molecule has 6 nitrogen and oxygen atoms in total. The highest BCUT2D eigenvalue weighted by Crippen LogP contribution is 2.30. The Bertz CT molecular complexity index is 884. The standard InChI is InChI=1S/C21H21N3O3/c1-3-12-27-18-10-6-16(7-11-18)14-24-19(25)21(2,23-20(24)26)17-8-4-15(13-22)5-9-17/h4-11H,3,12,14H2,1-2H3,(H,23,26)/t21-/m1/s1. The molecule has 1 N–H and O–H groups in total. The van der Waals surface area contributed by atoms with Gasteiger partial charge in [0.1, 0.15) is 11.3 Å². The van der Waals surface area contributed by atoms with Crippen LogP contribution in [-0.2, 0) is 16.9 Å². The first kappa shape index (κ1) is 18.5. The molecule has 27 heavy (non-hydrogen) atoms. The maximum atomic E-state index is 13.0. The Morgan fingerprint density at radius 2 is 1.78 bits per heavy atom. The lowest BCUT2D eigenvalue weighted by molar-refractivity contribution is -0.131. The third-order valence-corrected chi connectivity index (χ3v) is 4.60. The fourth-order valence-corrected chi connectivity index (χ4v) is 3.01. The summed E-state index contributed by atoms with van der Waals surface area (Å²) in [5, 5.41) is 11.7. The summed E-state index contributed by atoms with van der Waals surface area (Å²) < 4.78 is 5.55.